The number of hydrogen-bond acceptors (Lipinski definition) is 2. The number of aliphatic hydroxyl groups is 2. The van der Waals surface area contributed by atoms with Gasteiger partial charge in [0.25, 0.3) is 0 Å². The van der Waals surface area contributed by atoms with Crippen molar-refractivity contribution in [1.29, 1.82) is 0 Å². The first-order valence-electron chi connectivity index (χ1n) is 9.06. The first-order chi connectivity index (χ1) is 9.70. The largest absolute Gasteiger partial charge is 0.393 e. The molecule has 0 saturated carbocycles. The van der Waals surface area contributed by atoms with Gasteiger partial charge in [-0.3, -0.25) is 0 Å². The van der Waals surface area contributed by atoms with Gasteiger partial charge in [-0.05, 0) is 19.3 Å². The normalized spacial score (nSPS) is 14.4. The van der Waals surface area contributed by atoms with Crippen molar-refractivity contribution in [3.05, 3.63) is 0 Å². The Labute approximate surface area is 127 Å². The second-order valence-electron chi connectivity index (χ2n) is 6.30. The van der Waals surface area contributed by atoms with Crippen LogP contribution in [0, 0.1) is 0 Å². The lowest BCUT2D eigenvalue weighted by molar-refractivity contribution is 0.0680. The Bertz CT molecular complexity index is 182. The highest BCUT2D eigenvalue weighted by Gasteiger charge is 2.11. The van der Waals surface area contributed by atoms with Crippen LogP contribution in [0.15, 0.2) is 0 Å². The van der Waals surface area contributed by atoms with E-state index in [0.29, 0.717) is 6.42 Å². The monoisotopic (exact) mass is 286 g/mol. The van der Waals surface area contributed by atoms with Crippen molar-refractivity contribution in [2.45, 2.75) is 116 Å². The maximum atomic E-state index is 9.90. The SMILES string of the molecule is CCCCCCCCC(O)CC(O)CCCCCCC. The molecule has 2 heteroatoms. The minimum absolute atomic E-state index is 0.299. The van der Waals surface area contributed by atoms with E-state index in [1.165, 1.54) is 57.8 Å². The zero-order valence-electron chi connectivity index (χ0n) is 13.9. The van der Waals surface area contributed by atoms with E-state index in [1.54, 1.807) is 0 Å². The van der Waals surface area contributed by atoms with Crippen LogP contribution in [0.4, 0.5) is 0 Å². The molecule has 2 nitrogen and oxygen atoms in total. The van der Waals surface area contributed by atoms with Gasteiger partial charge in [0, 0.05) is 0 Å². The van der Waals surface area contributed by atoms with Crippen LogP contribution in [0.25, 0.3) is 0 Å². The number of aliphatic hydroxyl groups excluding tert-OH is 2. The van der Waals surface area contributed by atoms with Crippen molar-refractivity contribution in [1.82, 2.24) is 0 Å². The fraction of sp³-hybridized carbons (Fsp3) is 1.00. The van der Waals surface area contributed by atoms with Crippen molar-refractivity contribution in [2.24, 2.45) is 0 Å². The highest BCUT2D eigenvalue weighted by atomic mass is 16.3. The first kappa shape index (κ1) is 19.9. The number of rotatable bonds is 15. The van der Waals surface area contributed by atoms with Gasteiger partial charge in [0.15, 0.2) is 0 Å². The topological polar surface area (TPSA) is 40.5 Å². The van der Waals surface area contributed by atoms with Crippen LogP contribution in [-0.2, 0) is 0 Å². The maximum absolute atomic E-state index is 9.90. The minimum atomic E-state index is -0.299. The highest BCUT2D eigenvalue weighted by molar-refractivity contribution is 4.64. The van der Waals surface area contributed by atoms with Gasteiger partial charge in [-0.2, -0.15) is 0 Å². The zero-order valence-corrected chi connectivity index (χ0v) is 13.9. The lowest BCUT2D eigenvalue weighted by atomic mass is 10.00. The van der Waals surface area contributed by atoms with Crippen molar-refractivity contribution in [2.75, 3.05) is 0 Å². The Morgan fingerprint density at radius 2 is 0.900 bits per heavy atom. The molecule has 0 saturated heterocycles. The van der Waals surface area contributed by atoms with E-state index in [1.807, 2.05) is 0 Å². The van der Waals surface area contributed by atoms with Crippen LogP contribution in [0.5, 0.6) is 0 Å². The molecule has 122 valence electrons. The Morgan fingerprint density at radius 1 is 0.550 bits per heavy atom. The fourth-order valence-corrected chi connectivity index (χ4v) is 2.69. The third kappa shape index (κ3) is 14.3. The van der Waals surface area contributed by atoms with E-state index >= 15 is 0 Å². The second kappa shape index (κ2) is 15.3. The molecular formula is C18H38O2. The molecule has 2 unspecified atom stereocenters. The third-order valence-corrected chi connectivity index (χ3v) is 4.08. The molecule has 0 spiro atoms. The summed E-state index contributed by atoms with van der Waals surface area (Å²) in [6.45, 7) is 4.45. The summed E-state index contributed by atoms with van der Waals surface area (Å²) in [4.78, 5) is 0. The highest BCUT2D eigenvalue weighted by Crippen LogP contribution is 2.14. The summed E-state index contributed by atoms with van der Waals surface area (Å²) in [5.74, 6) is 0. The standard InChI is InChI=1S/C18H38O2/c1-3-5-7-9-11-13-15-18(20)16-17(19)14-12-10-8-6-4-2/h17-20H,3-16H2,1-2H3. The van der Waals surface area contributed by atoms with Crippen LogP contribution in [-0.4, -0.2) is 22.4 Å². The lowest BCUT2D eigenvalue weighted by Gasteiger charge is -2.15. The molecule has 2 atom stereocenters. The summed E-state index contributed by atoms with van der Waals surface area (Å²) in [5.41, 5.74) is 0. The van der Waals surface area contributed by atoms with Gasteiger partial charge < -0.3 is 10.2 Å². The molecule has 0 aliphatic carbocycles. The Hall–Kier alpha value is -0.0800. The predicted octanol–water partition coefficient (Wildman–Crippen LogP) is 5.21. The van der Waals surface area contributed by atoms with Crippen molar-refractivity contribution < 1.29 is 10.2 Å². The molecule has 0 aliphatic heterocycles. The van der Waals surface area contributed by atoms with E-state index in [0.717, 1.165) is 25.7 Å². The molecule has 0 heterocycles. The van der Waals surface area contributed by atoms with Crippen molar-refractivity contribution >= 4 is 0 Å². The molecule has 0 aromatic rings. The van der Waals surface area contributed by atoms with Crippen LogP contribution in [0.1, 0.15) is 104 Å². The van der Waals surface area contributed by atoms with Gasteiger partial charge in [-0.25, -0.2) is 0 Å². The smallest absolute Gasteiger partial charge is 0.0564 e. The molecule has 0 amide bonds. The summed E-state index contributed by atoms with van der Waals surface area (Å²) < 4.78 is 0. The summed E-state index contributed by atoms with van der Waals surface area (Å²) in [6.07, 6.45) is 15.4. The van der Waals surface area contributed by atoms with Gasteiger partial charge in [-0.1, -0.05) is 84.5 Å². The number of unbranched alkanes of at least 4 members (excludes halogenated alkanes) is 9. The molecule has 0 fully saturated rings. The summed E-state index contributed by atoms with van der Waals surface area (Å²) >= 11 is 0. The predicted molar refractivity (Wildman–Crippen MR) is 88.0 cm³/mol. The van der Waals surface area contributed by atoms with E-state index in [-0.39, 0.29) is 12.2 Å². The van der Waals surface area contributed by atoms with Crippen LogP contribution >= 0.6 is 0 Å². The van der Waals surface area contributed by atoms with E-state index in [9.17, 15) is 10.2 Å². The molecule has 0 aromatic carbocycles. The van der Waals surface area contributed by atoms with E-state index in [4.69, 9.17) is 0 Å². The summed E-state index contributed by atoms with van der Waals surface area (Å²) in [6, 6.07) is 0. The van der Waals surface area contributed by atoms with Gasteiger partial charge in [0.1, 0.15) is 0 Å². The van der Waals surface area contributed by atoms with E-state index in [2.05, 4.69) is 13.8 Å². The molecule has 0 radical (unpaired) electrons. The molecule has 0 aliphatic rings. The number of hydrogen-bond donors (Lipinski definition) is 2. The lowest BCUT2D eigenvalue weighted by Crippen LogP contribution is -2.17. The quantitative estimate of drug-likeness (QED) is 0.406. The maximum Gasteiger partial charge on any atom is 0.0564 e. The van der Waals surface area contributed by atoms with Crippen molar-refractivity contribution in [3.8, 4) is 0 Å². The Balaban J connectivity index is 3.33. The molecule has 0 rings (SSSR count). The van der Waals surface area contributed by atoms with Crippen molar-refractivity contribution in [3.63, 3.8) is 0 Å². The summed E-state index contributed by atoms with van der Waals surface area (Å²) in [7, 11) is 0. The molecule has 2 N–H and O–H groups in total. The van der Waals surface area contributed by atoms with Gasteiger partial charge in [0.05, 0.1) is 12.2 Å². The molecular weight excluding hydrogens is 248 g/mol. The van der Waals surface area contributed by atoms with Crippen LogP contribution in [0.2, 0.25) is 0 Å². The second-order valence-corrected chi connectivity index (χ2v) is 6.30. The van der Waals surface area contributed by atoms with E-state index < -0.39 is 0 Å². The van der Waals surface area contributed by atoms with Crippen LogP contribution < -0.4 is 0 Å². The van der Waals surface area contributed by atoms with Gasteiger partial charge in [-0.15, -0.1) is 0 Å². The first-order valence-corrected chi connectivity index (χ1v) is 9.06. The minimum Gasteiger partial charge on any atom is -0.393 e. The fourth-order valence-electron chi connectivity index (χ4n) is 2.69. The Kier molecular flexibility index (Phi) is 15.3. The average Bonchev–Trinajstić information content (AvgIpc) is 2.42. The third-order valence-electron chi connectivity index (χ3n) is 4.08. The summed E-state index contributed by atoms with van der Waals surface area (Å²) in [5, 5.41) is 19.8. The van der Waals surface area contributed by atoms with Crippen LogP contribution in [0.3, 0.4) is 0 Å². The molecule has 20 heavy (non-hydrogen) atoms. The Morgan fingerprint density at radius 3 is 1.30 bits per heavy atom. The molecule has 0 aromatic heterocycles. The zero-order chi connectivity index (χ0) is 15.1. The van der Waals surface area contributed by atoms with Gasteiger partial charge >= 0.3 is 0 Å². The average molecular weight is 286 g/mol. The van der Waals surface area contributed by atoms with Gasteiger partial charge in [0.2, 0.25) is 0 Å². The molecule has 0 bridgehead atoms.